The molecule has 1 fully saturated rings. The van der Waals surface area contributed by atoms with Gasteiger partial charge in [0.1, 0.15) is 12.4 Å². The van der Waals surface area contributed by atoms with Gasteiger partial charge in [-0.15, -0.1) is 11.8 Å². The number of fused-ring (bicyclic) bond motifs is 1. The summed E-state index contributed by atoms with van der Waals surface area (Å²) in [6.07, 6.45) is 4.60. The van der Waals surface area contributed by atoms with Crippen LogP contribution in [0.15, 0.2) is 41.4 Å². The Morgan fingerprint density at radius 3 is 2.67 bits per heavy atom. The largest absolute Gasteiger partial charge is 0.339 e. The molecule has 0 radical (unpaired) electrons. The van der Waals surface area contributed by atoms with E-state index < -0.39 is 0 Å². The van der Waals surface area contributed by atoms with E-state index in [-0.39, 0.29) is 30.0 Å². The number of piperidine rings is 1. The van der Waals surface area contributed by atoms with Crippen LogP contribution in [0.4, 0.5) is 11.5 Å². The van der Waals surface area contributed by atoms with E-state index in [4.69, 9.17) is 11.6 Å². The van der Waals surface area contributed by atoms with Crippen molar-refractivity contribution in [1.29, 1.82) is 0 Å². The van der Waals surface area contributed by atoms with Gasteiger partial charge in [-0.25, -0.2) is 4.98 Å². The molecule has 156 valence electrons. The average Bonchev–Trinajstić information content (AvgIpc) is 2.77. The molecule has 2 aliphatic rings. The summed E-state index contributed by atoms with van der Waals surface area (Å²) in [5, 5.41) is 3.14. The van der Waals surface area contributed by atoms with Crippen molar-refractivity contribution < 1.29 is 14.4 Å². The zero-order valence-corrected chi connectivity index (χ0v) is 17.8. The second-order valence-corrected chi connectivity index (χ2v) is 8.67. The number of carbonyl (C=O) groups is 3. The number of hydrogen-bond acceptors (Lipinski definition) is 5. The van der Waals surface area contributed by atoms with Gasteiger partial charge in [0.25, 0.3) is 5.91 Å². The van der Waals surface area contributed by atoms with Gasteiger partial charge in [0.15, 0.2) is 0 Å². The molecule has 7 nitrogen and oxygen atoms in total. The van der Waals surface area contributed by atoms with Gasteiger partial charge in [0, 0.05) is 29.7 Å². The van der Waals surface area contributed by atoms with E-state index >= 15 is 0 Å². The first-order valence-electron chi connectivity index (χ1n) is 9.79. The molecule has 0 bridgehead atoms. The lowest BCUT2D eigenvalue weighted by molar-refractivity contribution is -0.120. The van der Waals surface area contributed by atoms with Crippen LogP contribution in [0.2, 0.25) is 5.02 Å². The van der Waals surface area contributed by atoms with Gasteiger partial charge in [-0.05, 0) is 49.6 Å². The van der Waals surface area contributed by atoms with Gasteiger partial charge in [-0.1, -0.05) is 11.6 Å². The summed E-state index contributed by atoms with van der Waals surface area (Å²) in [7, 11) is 0. The number of amides is 3. The molecule has 2 aromatic rings. The number of likely N-dealkylation sites (tertiary alicyclic amines) is 1. The van der Waals surface area contributed by atoms with Gasteiger partial charge in [0.2, 0.25) is 11.8 Å². The van der Waals surface area contributed by atoms with Crippen molar-refractivity contribution in [3.8, 4) is 0 Å². The topological polar surface area (TPSA) is 82.6 Å². The second-order valence-electron chi connectivity index (χ2n) is 7.21. The molecule has 1 aromatic carbocycles. The number of nitrogens with zero attached hydrogens (tertiary/aromatic N) is 3. The van der Waals surface area contributed by atoms with Crippen LogP contribution in [0.5, 0.6) is 0 Å². The Labute approximate surface area is 183 Å². The fourth-order valence-corrected chi connectivity index (χ4v) is 4.59. The summed E-state index contributed by atoms with van der Waals surface area (Å²) in [5.74, 6) is 0.0321. The number of carbonyl (C=O) groups excluding carboxylic acids is 3. The van der Waals surface area contributed by atoms with Crippen LogP contribution in [-0.4, -0.2) is 53.0 Å². The molecule has 0 aliphatic carbocycles. The molecule has 0 unspecified atom stereocenters. The molecule has 0 atom stereocenters. The van der Waals surface area contributed by atoms with Gasteiger partial charge >= 0.3 is 0 Å². The maximum absolute atomic E-state index is 12.9. The number of pyridine rings is 1. The molecular weight excluding hydrogens is 424 g/mol. The average molecular weight is 445 g/mol. The number of nitrogens with one attached hydrogen (secondary N) is 1. The lowest BCUT2D eigenvalue weighted by atomic mass is 10.1. The van der Waals surface area contributed by atoms with Crippen molar-refractivity contribution in [1.82, 2.24) is 9.88 Å². The molecule has 30 heavy (non-hydrogen) atoms. The highest BCUT2D eigenvalue weighted by Crippen LogP contribution is 2.36. The van der Waals surface area contributed by atoms with E-state index in [1.807, 2.05) is 11.0 Å². The van der Waals surface area contributed by atoms with Crippen molar-refractivity contribution in [2.75, 3.05) is 35.6 Å². The number of thioether (sulfide) groups is 1. The summed E-state index contributed by atoms with van der Waals surface area (Å²) in [6, 6.07) is 8.60. The zero-order valence-electron chi connectivity index (χ0n) is 16.3. The zero-order chi connectivity index (χ0) is 21.1. The molecule has 2 aliphatic heterocycles. The molecule has 1 N–H and O–H groups in total. The molecule has 1 saturated heterocycles. The van der Waals surface area contributed by atoms with E-state index in [1.165, 1.54) is 22.9 Å². The predicted molar refractivity (Wildman–Crippen MR) is 117 cm³/mol. The first-order valence-corrected chi connectivity index (χ1v) is 11.2. The van der Waals surface area contributed by atoms with Crippen molar-refractivity contribution in [3.05, 3.63) is 47.1 Å². The van der Waals surface area contributed by atoms with Crippen LogP contribution in [0, 0.1) is 0 Å². The Kier molecular flexibility index (Phi) is 6.24. The summed E-state index contributed by atoms with van der Waals surface area (Å²) in [4.78, 5) is 46.2. The third-order valence-electron chi connectivity index (χ3n) is 5.09. The maximum atomic E-state index is 12.9. The highest BCUT2D eigenvalue weighted by Gasteiger charge is 2.28. The van der Waals surface area contributed by atoms with Crippen LogP contribution in [0.1, 0.15) is 29.6 Å². The Bertz CT molecular complexity index is 977. The van der Waals surface area contributed by atoms with E-state index in [1.54, 1.807) is 24.3 Å². The van der Waals surface area contributed by atoms with E-state index in [9.17, 15) is 14.4 Å². The Morgan fingerprint density at radius 2 is 1.93 bits per heavy atom. The lowest BCUT2D eigenvalue weighted by Gasteiger charge is -2.30. The monoisotopic (exact) mass is 444 g/mol. The van der Waals surface area contributed by atoms with Crippen LogP contribution >= 0.6 is 23.4 Å². The van der Waals surface area contributed by atoms with Crippen molar-refractivity contribution in [2.24, 2.45) is 0 Å². The quantitative estimate of drug-likeness (QED) is 0.781. The summed E-state index contributed by atoms with van der Waals surface area (Å²) in [5.41, 5.74) is 1.13. The minimum atomic E-state index is -0.371. The molecular formula is C21H21ClN4O3S. The van der Waals surface area contributed by atoms with Crippen molar-refractivity contribution >= 4 is 52.6 Å². The van der Waals surface area contributed by atoms with Crippen LogP contribution in [0.25, 0.3) is 0 Å². The van der Waals surface area contributed by atoms with Crippen molar-refractivity contribution in [2.45, 2.75) is 24.2 Å². The van der Waals surface area contributed by atoms with Gasteiger partial charge in [-0.2, -0.15) is 0 Å². The number of aromatic nitrogens is 1. The molecule has 0 spiro atoms. The smallest absolute Gasteiger partial charge is 0.253 e. The normalized spacial score (nSPS) is 16.2. The van der Waals surface area contributed by atoms with Crippen LogP contribution in [0.3, 0.4) is 0 Å². The number of rotatable bonds is 4. The fraction of sp³-hybridized carbons (Fsp3) is 0.333. The van der Waals surface area contributed by atoms with Gasteiger partial charge in [0.05, 0.1) is 16.5 Å². The minimum Gasteiger partial charge on any atom is -0.339 e. The second kappa shape index (κ2) is 9.06. The SMILES string of the molecule is O=C(CN1C(=O)CSc2ccc(C(=O)N3CCCCC3)cc21)Nc1ccc(Cl)cn1. The molecule has 3 heterocycles. The summed E-state index contributed by atoms with van der Waals surface area (Å²) in [6.45, 7) is 1.35. The maximum Gasteiger partial charge on any atom is 0.253 e. The predicted octanol–water partition coefficient (Wildman–Crippen LogP) is 3.44. The third kappa shape index (κ3) is 4.60. The van der Waals surface area contributed by atoms with Crippen LogP contribution in [-0.2, 0) is 9.59 Å². The first kappa shape index (κ1) is 20.7. The number of halogens is 1. The molecule has 3 amide bonds. The highest BCUT2D eigenvalue weighted by molar-refractivity contribution is 8.00. The Hall–Kier alpha value is -2.58. The molecule has 1 aromatic heterocycles. The van der Waals surface area contributed by atoms with Gasteiger partial charge < -0.3 is 15.1 Å². The summed E-state index contributed by atoms with van der Waals surface area (Å²) >= 11 is 7.23. The van der Waals surface area contributed by atoms with Gasteiger partial charge in [-0.3, -0.25) is 14.4 Å². The number of benzene rings is 1. The molecule has 0 saturated carbocycles. The molecule has 4 rings (SSSR count). The Morgan fingerprint density at radius 1 is 1.13 bits per heavy atom. The number of anilines is 2. The minimum absolute atomic E-state index is 0.0321. The first-order chi connectivity index (χ1) is 14.5. The highest BCUT2D eigenvalue weighted by atomic mass is 35.5. The Balaban J connectivity index is 1.53. The van der Waals surface area contributed by atoms with E-state index in [0.29, 0.717) is 22.1 Å². The summed E-state index contributed by atoms with van der Waals surface area (Å²) < 4.78 is 0. The molecule has 9 heteroatoms. The van der Waals surface area contributed by atoms with E-state index in [2.05, 4.69) is 10.3 Å². The number of hydrogen-bond donors (Lipinski definition) is 1. The van der Waals surface area contributed by atoms with E-state index in [0.717, 1.165) is 37.2 Å². The van der Waals surface area contributed by atoms with Crippen molar-refractivity contribution in [3.63, 3.8) is 0 Å². The third-order valence-corrected chi connectivity index (χ3v) is 6.36. The van der Waals surface area contributed by atoms with Crippen LogP contribution < -0.4 is 10.2 Å². The lowest BCUT2D eigenvalue weighted by Crippen LogP contribution is -2.41. The standard InChI is InChI=1S/C21H21ClN4O3S/c22-15-5-7-18(23-11-15)24-19(27)12-26-16-10-14(4-6-17(16)30-13-20(26)28)21(29)25-8-2-1-3-9-25/h4-7,10-11H,1-3,8-9,12-13H2,(H,23,24,27). The fourth-order valence-electron chi connectivity index (χ4n) is 3.56.